The van der Waals surface area contributed by atoms with Gasteiger partial charge in [-0.05, 0) is 56.3 Å². The third-order valence-corrected chi connectivity index (χ3v) is 6.64. The molecule has 2 heterocycles. The van der Waals surface area contributed by atoms with E-state index in [1.165, 1.54) is 0 Å². The number of fused-ring (bicyclic) bond motifs is 3. The third-order valence-electron chi connectivity index (χ3n) is 3.93. The molecule has 0 aliphatic carbocycles. The summed E-state index contributed by atoms with van der Waals surface area (Å²) < 4.78 is 18.9. The lowest BCUT2D eigenvalue weighted by Crippen LogP contribution is -2.25. The fraction of sp³-hybridized carbons (Fsp3) is 0.471. The average molecular weight is 378 g/mol. The van der Waals surface area contributed by atoms with Crippen LogP contribution < -0.4 is 5.11 Å². The summed E-state index contributed by atoms with van der Waals surface area (Å²) in [5.74, 6) is -1.37. The van der Waals surface area contributed by atoms with Gasteiger partial charge in [0.05, 0.1) is 25.3 Å². The van der Waals surface area contributed by atoms with Gasteiger partial charge in [-0.3, -0.25) is 0 Å². The van der Waals surface area contributed by atoms with Crippen LogP contribution in [0.15, 0.2) is 24.3 Å². The summed E-state index contributed by atoms with van der Waals surface area (Å²) in [5.41, 5.74) is 2.72. The Bertz CT molecular complexity index is 884. The van der Waals surface area contributed by atoms with Crippen LogP contribution in [0.2, 0.25) is 0 Å². The summed E-state index contributed by atoms with van der Waals surface area (Å²) >= 11 is 0. The largest absolute Gasteiger partial charge is 0.811 e. The first-order valence-corrected chi connectivity index (χ1v) is 10.3. The number of hydrogen-bond donors (Lipinski definition) is 0. The minimum absolute atomic E-state index is 0.320. The first-order valence-electron chi connectivity index (χ1n) is 8.65. The molecule has 0 fully saturated rings. The molecule has 1 unspecified atom stereocenters. The molecule has 0 aliphatic rings. The summed E-state index contributed by atoms with van der Waals surface area (Å²) in [4.78, 5) is 0. The van der Waals surface area contributed by atoms with Gasteiger partial charge in [-0.2, -0.15) is 18.1 Å². The van der Waals surface area contributed by atoms with Crippen molar-refractivity contribution in [3.8, 4) is 0 Å². The van der Waals surface area contributed by atoms with E-state index in [9.17, 15) is 5.11 Å². The number of tetrazole rings is 1. The van der Waals surface area contributed by atoms with E-state index in [-0.39, 0.29) is 0 Å². The summed E-state index contributed by atoms with van der Waals surface area (Å²) in [5, 5.41) is 26.3. The fourth-order valence-corrected chi connectivity index (χ4v) is 5.19. The molecule has 0 radical (unpaired) electrons. The van der Waals surface area contributed by atoms with E-state index in [0.29, 0.717) is 31.0 Å². The number of hydrogen-bond acceptors (Lipinski definition) is 7. The van der Waals surface area contributed by atoms with Gasteiger partial charge in [-0.25, -0.2) is 0 Å². The molecule has 2 aromatic heterocycles. The molecule has 0 saturated heterocycles. The second-order valence-electron chi connectivity index (χ2n) is 5.72. The maximum atomic E-state index is 13.5. The first kappa shape index (κ1) is 19.1. The number of aryl methyl sites for hydroxylation is 1. The molecule has 1 atom stereocenters. The van der Waals surface area contributed by atoms with Gasteiger partial charge in [0.15, 0.2) is 5.65 Å². The Balaban J connectivity index is 2.21. The molecule has 140 valence electrons. The van der Waals surface area contributed by atoms with Crippen molar-refractivity contribution >= 4 is 24.5 Å². The minimum atomic E-state index is -3.14. The van der Waals surface area contributed by atoms with Gasteiger partial charge in [0.25, 0.3) is 0 Å². The Morgan fingerprint density at radius 1 is 1.08 bits per heavy atom. The van der Waals surface area contributed by atoms with Crippen LogP contribution in [-0.4, -0.2) is 39.9 Å². The zero-order chi connectivity index (χ0) is 18.7. The Labute approximate surface area is 152 Å². The van der Waals surface area contributed by atoms with E-state index in [0.717, 1.165) is 16.5 Å². The molecule has 0 N–H and O–H groups in total. The van der Waals surface area contributed by atoms with Crippen molar-refractivity contribution in [1.29, 1.82) is 0 Å². The molecule has 0 aliphatic heterocycles. The average Bonchev–Trinajstić information content (AvgIpc) is 3.10. The predicted molar refractivity (Wildman–Crippen MR) is 97.6 cm³/mol. The van der Waals surface area contributed by atoms with Crippen LogP contribution in [-0.2, 0) is 13.6 Å². The number of nitrogens with zero attached hydrogens (tertiary/aromatic N) is 4. The smallest absolute Gasteiger partial charge is 0.402 e. The van der Waals surface area contributed by atoms with E-state index in [4.69, 9.17) is 13.6 Å². The maximum Gasteiger partial charge on any atom is 0.402 e. The third kappa shape index (κ3) is 3.31. The van der Waals surface area contributed by atoms with Crippen molar-refractivity contribution < 1.29 is 18.7 Å². The lowest BCUT2D eigenvalue weighted by atomic mass is 10.1. The number of pyridine rings is 1. The Morgan fingerprint density at radius 3 is 2.35 bits per heavy atom. The van der Waals surface area contributed by atoms with Gasteiger partial charge in [0, 0.05) is 10.9 Å². The van der Waals surface area contributed by atoms with Crippen molar-refractivity contribution in [1.82, 2.24) is 20.0 Å². The highest BCUT2D eigenvalue weighted by molar-refractivity contribution is 7.61. The van der Waals surface area contributed by atoms with Crippen LogP contribution in [0.4, 0.5) is 0 Å². The SMILES string of the molecule is CCO[P+](OCC)(OCC)C([O-])c1cc2cc(C)ccc2n2nnnc12. The van der Waals surface area contributed by atoms with Gasteiger partial charge in [0.2, 0.25) is 0 Å². The Morgan fingerprint density at radius 2 is 1.73 bits per heavy atom. The Kier molecular flexibility index (Phi) is 5.79. The van der Waals surface area contributed by atoms with E-state index in [1.807, 2.05) is 52.0 Å². The van der Waals surface area contributed by atoms with Gasteiger partial charge in [-0.15, -0.1) is 5.10 Å². The highest BCUT2D eigenvalue weighted by Gasteiger charge is 2.48. The molecular weight excluding hydrogens is 355 g/mol. The van der Waals surface area contributed by atoms with E-state index < -0.39 is 13.8 Å². The summed E-state index contributed by atoms with van der Waals surface area (Å²) in [6.45, 7) is 8.41. The maximum absolute atomic E-state index is 13.5. The highest BCUT2D eigenvalue weighted by Crippen LogP contribution is 2.70. The molecule has 3 rings (SSSR count). The van der Waals surface area contributed by atoms with Gasteiger partial charge in [0.1, 0.15) is 5.85 Å². The molecule has 3 aromatic rings. The second-order valence-corrected chi connectivity index (χ2v) is 8.05. The monoisotopic (exact) mass is 378 g/mol. The Hall–Kier alpha value is -1.70. The lowest BCUT2D eigenvalue weighted by molar-refractivity contribution is -0.402. The molecule has 8 nitrogen and oxygen atoms in total. The van der Waals surface area contributed by atoms with Crippen LogP contribution in [0.1, 0.15) is 37.7 Å². The predicted octanol–water partition coefficient (Wildman–Crippen LogP) is 2.82. The zero-order valence-electron chi connectivity index (χ0n) is 15.4. The normalized spacial score (nSPS) is 13.6. The highest BCUT2D eigenvalue weighted by atomic mass is 31.2. The van der Waals surface area contributed by atoms with Gasteiger partial charge in [-0.1, -0.05) is 11.6 Å². The van der Waals surface area contributed by atoms with E-state index in [1.54, 1.807) is 4.52 Å². The van der Waals surface area contributed by atoms with Crippen LogP contribution in [0.5, 0.6) is 0 Å². The summed E-state index contributed by atoms with van der Waals surface area (Å²) in [6.07, 6.45) is 0. The van der Waals surface area contributed by atoms with E-state index >= 15 is 0 Å². The minimum Gasteiger partial charge on any atom is -0.811 e. The topological polar surface area (TPSA) is 93.8 Å². The zero-order valence-corrected chi connectivity index (χ0v) is 16.3. The quantitative estimate of drug-likeness (QED) is 0.556. The number of aromatic nitrogens is 4. The van der Waals surface area contributed by atoms with Crippen molar-refractivity contribution in [2.75, 3.05) is 19.8 Å². The van der Waals surface area contributed by atoms with Gasteiger partial charge < -0.3 is 5.11 Å². The molecular formula is C17H23N4O4P. The first-order chi connectivity index (χ1) is 12.6. The van der Waals surface area contributed by atoms with Crippen LogP contribution in [0.3, 0.4) is 0 Å². The lowest BCUT2D eigenvalue weighted by Gasteiger charge is -2.32. The van der Waals surface area contributed by atoms with E-state index in [2.05, 4.69) is 15.5 Å². The van der Waals surface area contributed by atoms with Crippen molar-refractivity contribution in [3.63, 3.8) is 0 Å². The molecule has 9 heteroatoms. The second kappa shape index (κ2) is 7.90. The van der Waals surface area contributed by atoms with Gasteiger partial charge >= 0.3 is 7.94 Å². The van der Waals surface area contributed by atoms with Crippen molar-refractivity contribution in [2.24, 2.45) is 0 Å². The summed E-state index contributed by atoms with van der Waals surface area (Å²) in [7, 11) is -3.14. The molecule has 1 aromatic carbocycles. The standard InChI is InChI=1S/C17H23N4O4P/c1-5-23-26(24-6-2,25-7-3)17(22)14-11-13-10-12(4)8-9-15(13)21-16(14)18-19-20-21/h8-11,17H,5-7H2,1-4H3. The van der Waals surface area contributed by atoms with Crippen molar-refractivity contribution in [3.05, 3.63) is 35.4 Å². The van der Waals surface area contributed by atoms with Crippen LogP contribution in [0.25, 0.3) is 16.6 Å². The number of rotatable bonds is 8. The number of benzene rings is 1. The molecule has 0 bridgehead atoms. The van der Waals surface area contributed by atoms with Crippen molar-refractivity contribution in [2.45, 2.75) is 33.5 Å². The summed E-state index contributed by atoms with van der Waals surface area (Å²) in [6, 6.07) is 7.73. The molecule has 0 amide bonds. The fourth-order valence-electron chi connectivity index (χ4n) is 2.95. The van der Waals surface area contributed by atoms with Crippen LogP contribution in [0, 0.1) is 6.92 Å². The van der Waals surface area contributed by atoms with Crippen LogP contribution >= 0.6 is 7.94 Å². The molecule has 0 saturated carbocycles. The molecule has 26 heavy (non-hydrogen) atoms. The molecule has 0 spiro atoms.